The Balaban J connectivity index is 1.75. The molecule has 3 nitrogen and oxygen atoms in total. The highest BCUT2D eigenvalue weighted by Crippen LogP contribution is 2.15. The van der Waals surface area contributed by atoms with Crippen molar-refractivity contribution in [1.29, 1.82) is 0 Å². The van der Waals surface area contributed by atoms with Crippen molar-refractivity contribution in [2.75, 3.05) is 6.61 Å². The number of phenolic OH excluding ortho intramolecular Hbond substituents is 1. The van der Waals surface area contributed by atoms with E-state index in [1.165, 1.54) is 122 Å². The second-order valence-electron chi connectivity index (χ2n) is 9.81. The van der Waals surface area contributed by atoms with Crippen LogP contribution in [0, 0.1) is 0 Å². The molecule has 0 aliphatic rings. The molecule has 0 fully saturated rings. The van der Waals surface area contributed by atoms with Crippen LogP contribution in [0.25, 0.3) is 6.08 Å². The molecule has 0 unspecified atom stereocenters. The summed E-state index contributed by atoms with van der Waals surface area (Å²) in [5.74, 6) is -0.0785. The van der Waals surface area contributed by atoms with Gasteiger partial charge in [-0.05, 0) is 30.2 Å². The molecule has 0 saturated carbocycles. The Labute approximate surface area is 210 Å². The van der Waals surface area contributed by atoms with Crippen LogP contribution in [0.15, 0.2) is 30.3 Å². The van der Waals surface area contributed by atoms with Gasteiger partial charge < -0.3 is 9.84 Å². The average molecular weight is 473 g/mol. The zero-order valence-corrected chi connectivity index (χ0v) is 22.1. The third kappa shape index (κ3) is 19.7. The first-order valence-electron chi connectivity index (χ1n) is 14.4. The number of rotatable bonds is 23. The molecule has 1 rings (SSSR count). The van der Waals surface area contributed by atoms with Crippen LogP contribution >= 0.6 is 0 Å². The molecule has 194 valence electrons. The van der Waals surface area contributed by atoms with Crippen molar-refractivity contribution in [2.45, 2.75) is 135 Å². The number of aromatic hydroxyl groups is 1. The second-order valence-corrected chi connectivity index (χ2v) is 9.81. The van der Waals surface area contributed by atoms with Gasteiger partial charge in [0, 0.05) is 6.08 Å². The molecule has 1 aromatic rings. The smallest absolute Gasteiger partial charge is 0.330 e. The van der Waals surface area contributed by atoms with Crippen molar-refractivity contribution < 1.29 is 14.6 Å². The number of benzene rings is 1. The lowest BCUT2D eigenvalue weighted by molar-refractivity contribution is -0.137. The molecule has 0 aliphatic carbocycles. The van der Waals surface area contributed by atoms with Gasteiger partial charge in [0.25, 0.3) is 0 Å². The van der Waals surface area contributed by atoms with Crippen molar-refractivity contribution in [3.05, 3.63) is 35.9 Å². The zero-order valence-electron chi connectivity index (χ0n) is 22.1. The summed E-state index contributed by atoms with van der Waals surface area (Å²) in [6.45, 7) is 2.78. The first-order chi connectivity index (χ1) is 16.7. The predicted octanol–water partition coefficient (Wildman–Crippen LogP) is 9.77. The standard InChI is InChI=1S/C31H52O3/c1-2-3-4-5-6-7-8-9-10-11-12-13-14-15-16-17-18-19-20-21-28-34-31(33)27-24-29-22-25-30(32)26-23-29/h22-27,32H,2-21,28H2,1H3/b27-24-. The summed E-state index contributed by atoms with van der Waals surface area (Å²) >= 11 is 0. The van der Waals surface area contributed by atoms with E-state index in [-0.39, 0.29) is 11.7 Å². The summed E-state index contributed by atoms with van der Waals surface area (Å²) in [4.78, 5) is 11.7. The van der Waals surface area contributed by atoms with E-state index >= 15 is 0 Å². The van der Waals surface area contributed by atoms with E-state index in [1.807, 2.05) is 0 Å². The Morgan fingerprint density at radius 3 is 1.44 bits per heavy atom. The first-order valence-corrected chi connectivity index (χ1v) is 14.4. The second kappa shape index (κ2) is 23.0. The number of carbonyl (C=O) groups excluding carboxylic acids is 1. The highest BCUT2D eigenvalue weighted by Gasteiger charge is 1.98. The summed E-state index contributed by atoms with van der Waals surface area (Å²) in [7, 11) is 0. The molecule has 34 heavy (non-hydrogen) atoms. The molecule has 0 aromatic heterocycles. The molecule has 0 aliphatic heterocycles. The average Bonchev–Trinajstić information content (AvgIpc) is 2.84. The fourth-order valence-electron chi connectivity index (χ4n) is 4.33. The molecule has 0 amide bonds. The van der Waals surface area contributed by atoms with Crippen molar-refractivity contribution >= 4 is 12.0 Å². The summed E-state index contributed by atoms with van der Waals surface area (Å²) in [5.41, 5.74) is 0.869. The van der Waals surface area contributed by atoms with Crippen LogP contribution in [0.2, 0.25) is 0 Å². The summed E-state index contributed by atoms with van der Waals surface area (Å²) in [6, 6.07) is 6.73. The van der Waals surface area contributed by atoms with Crippen LogP contribution in [-0.2, 0) is 9.53 Å². The van der Waals surface area contributed by atoms with Gasteiger partial charge in [-0.3, -0.25) is 0 Å². The van der Waals surface area contributed by atoms with E-state index in [0.717, 1.165) is 18.4 Å². The van der Waals surface area contributed by atoms with Crippen LogP contribution in [-0.4, -0.2) is 17.7 Å². The Bertz CT molecular complexity index is 606. The lowest BCUT2D eigenvalue weighted by Crippen LogP contribution is -2.02. The molecule has 0 atom stereocenters. The third-order valence-corrected chi connectivity index (χ3v) is 6.55. The fraction of sp³-hybridized carbons (Fsp3) is 0.710. The molecular formula is C31H52O3. The highest BCUT2D eigenvalue weighted by molar-refractivity contribution is 5.87. The Morgan fingerprint density at radius 1 is 0.647 bits per heavy atom. The predicted molar refractivity (Wildman–Crippen MR) is 146 cm³/mol. The minimum absolute atomic E-state index is 0.222. The van der Waals surface area contributed by atoms with Gasteiger partial charge in [0.2, 0.25) is 0 Å². The van der Waals surface area contributed by atoms with Gasteiger partial charge in [0.15, 0.2) is 0 Å². The number of carbonyl (C=O) groups is 1. The molecule has 1 aromatic carbocycles. The van der Waals surface area contributed by atoms with Gasteiger partial charge in [0.05, 0.1) is 6.61 Å². The van der Waals surface area contributed by atoms with Gasteiger partial charge in [-0.15, -0.1) is 0 Å². The van der Waals surface area contributed by atoms with E-state index in [1.54, 1.807) is 30.3 Å². The Morgan fingerprint density at radius 2 is 1.03 bits per heavy atom. The van der Waals surface area contributed by atoms with E-state index in [0.29, 0.717) is 6.61 Å². The molecule has 0 radical (unpaired) electrons. The molecule has 0 spiro atoms. The number of hydrogen-bond donors (Lipinski definition) is 1. The number of phenols is 1. The Hall–Kier alpha value is -1.77. The summed E-state index contributed by atoms with van der Waals surface area (Å²) < 4.78 is 5.25. The molecule has 0 bridgehead atoms. The number of ether oxygens (including phenoxy) is 1. The largest absolute Gasteiger partial charge is 0.508 e. The van der Waals surface area contributed by atoms with Gasteiger partial charge in [0.1, 0.15) is 5.75 Å². The van der Waals surface area contributed by atoms with E-state index < -0.39 is 0 Å². The normalized spacial score (nSPS) is 11.3. The van der Waals surface area contributed by atoms with E-state index in [2.05, 4.69) is 6.92 Å². The quantitative estimate of drug-likeness (QED) is 0.0979. The third-order valence-electron chi connectivity index (χ3n) is 6.55. The molecular weight excluding hydrogens is 420 g/mol. The molecule has 0 heterocycles. The van der Waals surface area contributed by atoms with Crippen molar-refractivity contribution in [2.24, 2.45) is 0 Å². The van der Waals surface area contributed by atoms with Crippen LogP contribution in [0.3, 0.4) is 0 Å². The van der Waals surface area contributed by atoms with Gasteiger partial charge in [-0.2, -0.15) is 0 Å². The number of hydrogen-bond acceptors (Lipinski definition) is 3. The van der Waals surface area contributed by atoms with Gasteiger partial charge >= 0.3 is 5.97 Å². The van der Waals surface area contributed by atoms with Crippen LogP contribution in [0.5, 0.6) is 5.75 Å². The van der Waals surface area contributed by atoms with E-state index in [4.69, 9.17) is 4.74 Å². The molecule has 3 heteroatoms. The SMILES string of the molecule is CCCCCCCCCCCCCCCCCCCCCCOC(=O)/C=C\c1ccc(O)cc1. The van der Waals surface area contributed by atoms with Gasteiger partial charge in [-0.25, -0.2) is 4.79 Å². The maximum absolute atomic E-state index is 11.7. The lowest BCUT2D eigenvalue weighted by Gasteiger charge is -2.04. The summed E-state index contributed by atoms with van der Waals surface area (Å²) in [5, 5.41) is 9.25. The number of esters is 1. The molecule has 1 N–H and O–H groups in total. The summed E-state index contributed by atoms with van der Waals surface area (Å²) in [6.07, 6.45) is 30.5. The van der Waals surface area contributed by atoms with Gasteiger partial charge in [-0.1, -0.05) is 141 Å². The minimum Gasteiger partial charge on any atom is -0.508 e. The maximum Gasteiger partial charge on any atom is 0.330 e. The van der Waals surface area contributed by atoms with Crippen molar-refractivity contribution in [3.63, 3.8) is 0 Å². The monoisotopic (exact) mass is 472 g/mol. The topological polar surface area (TPSA) is 46.5 Å². The Kier molecular flexibility index (Phi) is 20.5. The maximum atomic E-state index is 11.7. The lowest BCUT2D eigenvalue weighted by atomic mass is 10.0. The van der Waals surface area contributed by atoms with Crippen LogP contribution < -0.4 is 0 Å². The number of unbranched alkanes of at least 4 members (excludes halogenated alkanes) is 19. The van der Waals surface area contributed by atoms with E-state index in [9.17, 15) is 9.90 Å². The fourth-order valence-corrected chi connectivity index (χ4v) is 4.33. The van der Waals surface area contributed by atoms with Crippen molar-refractivity contribution in [1.82, 2.24) is 0 Å². The minimum atomic E-state index is -0.300. The van der Waals surface area contributed by atoms with Crippen LogP contribution in [0.1, 0.15) is 141 Å². The van der Waals surface area contributed by atoms with Crippen LogP contribution in [0.4, 0.5) is 0 Å². The highest BCUT2D eigenvalue weighted by atomic mass is 16.5. The first kappa shape index (κ1) is 30.3. The van der Waals surface area contributed by atoms with Crippen molar-refractivity contribution in [3.8, 4) is 5.75 Å². The molecule has 0 saturated heterocycles. The zero-order chi connectivity index (χ0) is 24.5.